The minimum absolute atomic E-state index is 0.436. The first-order valence-corrected chi connectivity index (χ1v) is 6.51. The summed E-state index contributed by atoms with van der Waals surface area (Å²) < 4.78 is 1.88. The van der Waals surface area contributed by atoms with Crippen LogP contribution in [0.5, 0.6) is 0 Å². The van der Waals surface area contributed by atoms with Gasteiger partial charge in [0.15, 0.2) is 5.65 Å². The molecule has 2 aromatic heterocycles. The molecule has 0 fully saturated rings. The number of hydrogen-bond acceptors (Lipinski definition) is 3. The van der Waals surface area contributed by atoms with E-state index >= 15 is 0 Å². The zero-order valence-electron chi connectivity index (χ0n) is 10.5. The van der Waals surface area contributed by atoms with Gasteiger partial charge in [0.25, 0.3) is 0 Å². The predicted molar refractivity (Wildman–Crippen MR) is 74.4 cm³/mol. The Kier molecular flexibility index (Phi) is 3.17. The van der Waals surface area contributed by atoms with Crippen molar-refractivity contribution in [3.8, 4) is 0 Å². The zero-order valence-corrected chi connectivity index (χ0v) is 11.3. The summed E-state index contributed by atoms with van der Waals surface area (Å²) in [7, 11) is 0. The average molecular weight is 273 g/mol. The van der Waals surface area contributed by atoms with Crippen LogP contribution < -0.4 is 0 Å². The molecule has 0 unspecified atom stereocenters. The molecule has 3 rings (SSSR count). The molecule has 0 aliphatic heterocycles. The molecule has 0 N–H and O–H groups in total. The average Bonchev–Trinajstić information content (AvgIpc) is 2.80. The van der Waals surface area contributed by atoms with E-state index in [0.29, 0.717) is 5.15 Å². The molecule has 3 aromatic rings. The molecule has 0 amide bonds. The molecule has 0 spiro atoms. The van der Waals surface area contributed by atoms with Crippen molar-refractivity contribution in [2.75, 3.05) is 0 Å². The summed E-state index contributed by atoms with van der Waals surface area (Å²) in [5.74, 6) is 0.905. The maximum atomic E-state index is 5.83. The quantitative estimate of drug-likeness (QED) is 0.689. The van der Waals surface area contributed by atoms with Gasteiger partial charge in [0.05, 0.1) is 0 Å². The fraction of sp³-hybridized carbons (Fsp3) is 0.214. The highest BCUT2D eigenvalue weighted by Gasteiger charge is 2.07. The van der Waals surface area contributed by atoms with Gasteiger partial charge >= 0.3 is 0 Å². The number of aryl methyl sites for hydroxylation is 3. The van der Waals surface area contributed by atoms with Gasteiger partial charge < -0.3 is 0 Å². The van der Waals surface area contributed by atoms with Crippen LogP contribution in [0.3, 0.4) is 0 Å². The van der Waals surface area contributed by atoms with E-state index in [4.69, 9.17) is 11.6 Å². The molecular weight excluding hydrogens is 260 g/mol. The summed E-state index contributed by atoms with van der Waals surface area (Å²) in [6.07, 6.45) is 3.44. The van der Waals surface area contributed by atoms with E-state index in [1.807, 2.05) is 4.40 Å². The summed E-state index contributed by atoms with van der Waals surface area (Å²) in [6.45, 7) is 2.12. The van der Waals surface area contributed by atoms with E-state index in [1.54, 1.807) is 12.4 Å². The number of benzene rings is 1. The van der Waals surface area contributed by atoms with Gasteiger partial charge in [0, 0.05) is 12.5 Å². The van der Waals surface area contributed by atoms with Crippen molar-refractivity contribution in [3.63, 3.8) is 0 Å². The van der Waals surface area contributed by atoms with E-state index in [2.05, 4.69) is 46.4 Å². The first-order valence-electron chi connectivity index (χ1n) is 6.14. The van der Waals surface area contributed by atoms with Gasteiger partial charge in [-0.05, 0) is 24.5 Å². The number of hydrogen-bond donors (Lipinski definition) is 0. The van der Waals surface area contributed by atoms with E-state index in [9.17, 15) is 0 Å². The minimum Gasteiger partial charge on any atom is -0.269 e. The minimum atomic E-state index is 0.436. The summed E-state index contributed by atoms with van der Waals surface area (Å²) in [6, 6.07) is 10.1. The van der Waals surface area contributed by atoms with Gasteiger partial charge in [-0.3, -0.25) is 4.40 Å². The first kappa shape index (κ1) is 12.1. The van der Waals surface area contributed by atoms with Crippen molar-refractivity contribution < 1.29 is 0 Å². The zero-order chi connectivity index (χ0) is 13.2. The van der Waals surface area contributed by atoms with E-state index in [0.717, 1.165) is 24.3 Å². The van der Waals surface area contributed by atoms with E-state index in [-0.39, 0.29) is 0 Å². The Morgan fingerprint density at radius 1 is 1.16 bits per heavy atom. The molecule has 0 bridgehead atoms. The third-order valence-corrected chi connectivity index (χ3v) is 3.42. The van der Waals surface area contributed by atoms with E-state index in [1.165, 1.54) is 11.1 Å². The second kappa shape index (κ2) is 4.97. The number of halogens is 1. The van der Waals surface area contributed by atoms with Crippen molar-refractivity contribution in [1.29, 1.82) is 0 Å². The number of fused-ring (bicyclic) bond motifs is 1. The lowest BCUT2D eigenvalue weighted by atomic mass is 10.0. The lowest BCUT2D eigenvalue weighted by molar-refractivity contribution is 0.828. The van der Waals surface area contributed by atoms with Crippen LogP contribution in [0.25, 0.3) is 5.65 Å². The van der Waals surface area contributed by atoms with Crippen molar-refractivity contribution >= 4 is 17.2 Å². The molecule has 0 saturated carbocycles. The van der Waals surface area contributed by atoms with Crippen LogP contribution in [0, 0.1) is 6.92 Å². The standard InChI is InChI=1S/C14H13ClN4/c1-10-4-2-3-5-11(10)6-7-13-17-18-14-8-12(15)16-9-19(13)14/h2-5,8-9H,6-7H2,1H3. The van der Waals surface area contributed by atoms with Crippen LogP contribution in [0.2, 0.25) is 5.15 Å². The fourth-order valence-corrected chi connectivity index (χ4v) is 2.27. The Morgan fingerprint density at radius 3 is 2.84 bits per heavy atom. The Balaban J connectivity index is 1.84. The third kappa shape index (κ3) is 2.44. The van der Waals surface area contributed by atoms with Crippen LogP contribution in [-0.2, 0) is 12.8 Å². The van der Waals surface area contributed by atoms with Gasteiger partial charge in [-0.15, -0.1) is 10.2 Å². The highest BCUT2D eigenvalue weighted by atomic mass is 35.5. The summed E-state index contributed by atoms with van der Waals surface area (Å²) in [4.78, 5) is 4.06. The first-order chi connectivity index (χ1) is 9.24. The predicted octanol–water partition coefficient (Wildman–Crippen LogP) is 2.87. The summed E-state index contributed by atoms with van der Waals surface area (Å²) >= 11 is 5.83. The molecular formula is C14H13ClN4. The van der Waals surface area contributed by atoms with Crippen molar-refractivity contribution in [2.45, 2.75) is 19.8 Å². The maximum Gasteiger partial charge on any atom is 0.165 e. The molecule has 0 saturated heterocycles. The molecule has 0 atom stereocenters. The van der Waals surface area contributed by atoms with Crippen LogP contribution >= 0.6 is 11.6 Å². The van der Waals surface area contributed by atoms with Crippen molar-refractivity contribution in [2.24, 2.45) is 0 Å². The second-order valence-corrected chi connectivity index (χ2v) is 4.87. The Hall–Kier alpha value is -1.94. The molecule has 5 heteroatoms. The topological polar surface area (TPSA) is 43.1 Å². The lowest BCUT2D eigenvalue weighted by Crippen LogP contribution is -2.00. The Morgan fingerprint density at radius 2 is 2.00 bits per heavy atom. The summed E-state index contributed by atoms with van der Waals surface area (Å²) in [5, 5.41) is 8.73. The van der Waals surface area contributed by atoms with E-state index < -0.39 is 0 Å². The monoisotopic (exact) mass is 272 g/mol. The molecule has 19 heavy (non-hydrogen) atoms. The molecule has 1 aromatic carbocycles. The van der Waals surface area contributed by atoms with Crippen LogP contribution in [0.15, 0.2) is 36.7 Å². The SMILES string of the molecule is Cc1ccccc1CCc1nnc2cc(Cl)ncn12. The number of aromatic nitrogens is 4. The lowest BCUT2D eigenvalue weighted by Gasteiger charge is -2.04. The molecule has 0 radical (unpaired) electrons. The Bertz CT molecular complexity index is 720. The third-order valence-electron chi connectivity index (χ3n) is 3.22. The molecule has 2 heterocycles. The number of rotatable bonds is 3. The second-order valence-electron chi connectivity index (χ2n) is 4.48. The van der Waals surface area contributed by atoms with Gasteiger partial charge in [-0.2, -0.15) is 0 Å². The van der Waals surface area contributed by atoms with Crippen molar-refractivity contribution in [3.05, 3.63) is 58.8 Å². The highest BCUT2D eigenvalue weighted by Crippen LogP contribution is 2.13. The smallest absolute Gasteiger partial charge is 0.165 e. The van der Waals surface area contributed by atoms with Gasteiger partial charge in [0.1, 0.15) is 17.3 Å². The molecule has 0 aliphatic rings. The van der Waals surface area contributed by atoms with Crippen molar-refractivity contribution in [1.82, 2.24) is 19.6 Å². The largest absolute Gasteiger partial charge is 0.269 e. The maximum absolute atomic E-state index is 5.83. The number of nitrogens with zero attached hydrogens (tertiary/aromatic N) is 4. The van der Waals surface area contributed by atoms with Gasteiger partial charge in [-0.1, -0.05) is 35.9 Å². The highest BCUT2D eigenvalue weighted by molar-refractivity contribution is 6.29. The normalized spacial score (nSPS) is 11.1. The molecule has 0 aliphatic carbocycles. The Labute approximate surface area is 116 Å². The molecule has 96 valence electrons. The van der Waals surface area contributed by atoms with Crippen LogP contribution in [-0.4, -0.2) is 19.6 Å². The van der Waals surface area contributed by atoms with Crippen LogP contribution in [0.4, 0.5) is 0 Å². The van der Waals surface area contributed by atoms with Gasteiger partial charge in [0.2, 0.25) is 0 Å². The van der Waals surface area contributed by atoms with Gasteiger partial charge in [-0.25, -0.2) is 4.98 Å². The van der Waals surface area contributed by atoms with Crippen LogP contribution in [0.1, 0.15) is 17.0 Å². The molecule has 4 nitrogen and oxygen atoms in total. The fourth-order valence-electron chi connectivity index (χ4n) is 2.13. The summed E-state index contributed by atoms with van der Waals surface area (Å²) in [5.41, 5.74) is 3.37.